The normalized spacial score (nSPS) is 10.2. The van der Waals surface area contributed by atoms with Gasteiger partial charge in [0.15, 0.2) is 0 Å². The summed E-state index contributed by atoms with van der Waals surface area (Å²) in [5, 5.41) is 10.7. The Morgan fingerprint density at radius 3 is 2.93 bits per heavy atom. The zero-order valence-electron chi connectivity index (χ0n) is 8.16. The Morgan fingerprint density at radius 1 is 1.50 bits per heavy atom. The van der Waals surface area contributed by atoms with Crippen LogP contribution in [0.5, 0.6) is 5.75 Å². The van der Waals surface area contributed by atoms with Crippen LogP contribution in [0.4, 0.5) is 0 Å². The lowest BCUT2D eigenvalue weighted by molar-refractivity contribution is -0.671. The first-order valence-corrected chi connectivity index (χ1v) is 5.60. The number of hydrogen-bond acceptors (Lipinski definition) is 2. The van der Waals surface area contributed by atoms with E-state index in [1.165, 1.54) is 9.13 Å². The van der Waals surface area contributed by atoms with Crippen molar-refractivity contribution in [2.75, 3.05) is 20.3 Å². The summed E-state index contributed by atoms with van der Waals surface area (Å²) in [7, 11) is 1.68. The smallest absolute Gasteiger partial charge is 0.127 e. The Morgan fingerprint density at radius 2 is 2.29 bits per heavy atom. The molecule has 0 aliphatic heterocycles. The van der Waals surface area contributed by atoms with Crippen molar-refractivity contribution in [2.24, 2.45) is 0 Å². The fourth-order valence-electron chi connectivity index (χ4n) is 1.26. The molecule has 0 saturated carbocycles. The maximum Gasteiger partial charge on any atom is 0.127 e. The van der Waals surface area contributed by atoms with E-state index in [0.717, 1.165) is 18.8 Å². The quantitative estimate of drug-likeness (QED) is 0.609. The van der Waals surface area contributed by atoms with Crippen molar-refractivity contribution in [3.8, 4) is 5.75 Å². The van der Waals surface area contributed by atoms with Crippen molar-refractivity contribution in [2.45, 2.75) is 6.54 Å². The number of methoxy groups -OCH3 is 1. The highest BCUT2D eigenvalue weighted by molar-refractivity contribution is 14.1. The molecule has 0 saturated heterocycles. The fraction of sp³-hybridized carbons (Fsp3) is 0.400. The second-order valence-corrected chi connectivity index (χ2v) is 4.21. The van der Waals surface area contributed by atoms with Crippen LogP contribution in [0.1, 0.15) is 5.56 Å². The highest BCUT2D eigenvalue weighted by atomic mass is 127. The van der Waals surface area contributed by atoms with Gasteiger partial charge in [-0.15, -0.1) is 0 Å². The number of aliphatic hydroxyl groups is 1. The third-order valence-corrected chi connectivity index (χ3v) is 2.61. The van der Waals surface area contributed by atoms with Crippen molar-refractivity contribution < 1.29 is 15.2 Å². The van der Waals surface area contributed by atoms with E-state index < -0.39 is 0 Å². The monoisotopic (exact) mass is 308 g/mol. The van der Waals surface area contributed by atoms with Crippen LogP contribution in [0.15, 0.2) is 18.2 Å². The Hall–Kier alpha value is -0.330. The van der Waals surface area contributed by atoms with Gasteiger partial charge in [0.1, 0.15) is 12.3 Å². The van der Waals surface area contributed by atoms with Crippen LogP contribution < -0.4 is 10.1 Å². The molecule has 0 bridgehead atoms. The number of halogens is 1. The van der Waals surface area contributed by atoms with E-state index >= 15 is 0 Å². The average Bonchev–Trinajstić information content (AvgIpc) is 2.19. The standard InChI is InChI=1S/C10H14INO2/c1-14-10-3-2-9(11)6-8(10)7-12-4-5-13/h2-3,6,12-13H,4-5,7H2,1H3/p+1. The zero-order valence-corrected chi connectivity index (χ0v) is 10.3. The third-order valence-electron chi connectivity index (χ3n) is 1.94. The molecule has 0 aliphatic rings. The van der Waals surface area contributed by atoms with Gasteiger partial charge in [0.05, 0.1) is 20.3 Å². The van der Waals surface area contributed by atoms with Gasteiger partial charge in [-0.1, -0.05) is 0 Å². The minimum atomic E-state index is 0.215. The van der Waals surface area contributed by atoms with Gasteiger partial charge in [-0.3, -0.25) is 0 Å². The topological polar surface area (TPSA) is 46.1 Å². The first kappa shape index (κ1) is 11.7. The number of quaternary nitrogens is 1. The Bertz CT molecular complexity index is 291. The molecule has 3 N–H and O–H groups in total. The molecule has 0 amide bonds. The van der Waals surface area contributed by atoms with Crippen LogP contribution in [0.3, 0.4) is 0 Å². The molecule has 0 fully saturated rings. The number of nitrogens with two attached hydrogens (primary N) is 1. The predicted molar refractivity (Wildman–Crippen MR) is 63.3 cm³/mol. The van der Waals surface area contributed by atoms with Gasteiger partial charge in [0, 0.05) is 9.13 Å². The molecule has 0 heterocycles. The van der Waals surface area contributed by atoms with E-state index in [9.17, 15) is 0 Å². The molecule has 1 aromatic rings. The molecule has 1 aromatic carbocycles. The number of hydrogen-bond donors (Lipinski definition) is 2. The second-order valence-electron chi connectivity index (χ2n) is 2.96. The van der Waals surface area contributed by atoms with Gasteiger partial charge in [-0.05, 0) is 40.8 Å². The molecule has 0 aromatic heterocycles. The summed E-state index contributed by atoms with van der Waals surface area (Å²) >= 11 is 2.28. The molecule has 0 atom stereocenters. The summed E-state index contributed by atoms with van der Waals surface area (Å²) in [5.41, 5.74) is 1.17. The number of ether oxygens (including phenoxy) is 1. The minimum Gasteiger partial charge on any atom is -0.496 e. The Labute approximate surface area is 97.6 Å². The van der Waals surface area contributed by atoms with Gasteiger partial charge in [-0.2, -0.15) is 0 Å². The molecule has 0 unspecified atom stereocenters. The van der Waals surface area contributed by atoms with Gasteiger partial charge < -0.3 is 15.2 Å². The molecular weight excluding hydrogens is 293 g/mol. The number of benzene rings is 1. The lowest BCUT2D eigenvalue weighted by Crippen LogP contribution is -2.83. The van der Waals surface area contributed by atoms with E-state index in [4.69, 9.17) is 9.84 Å². The van der Waals surface area contributed by atoms with Gasteiger partial charge in [-0.25, -0.2) is 0 Å². The summed E-state index contributed by atoms with van der Waals surface area (Å²) in [6.45, 7) is 1.79. The molecule has 3 nitrogen and oxygen atoms in total. The van der Waals surface area contributed by atoms with E-state index in [0.29, 0.717) is 0 Å². The summed E-state index contributed by atoms with van der Waals surface area (Å²) in [6, 6.07) is 6.10. The predicted octanol–water partition coefficient (Wildman–Crippen LogP) is 0.355. The number of aliphatic hydroxyl groups excluding tert-OH is 1. The van der Waals surface area contributed by atoms with Crippen molar-refractivity contribution >= 4 is 22.6 Å². The zero-order chi connectivity index (χ0) is 10.4. The van der Waals surface area contributed by atoms with Crippen LogP contribution in [-0.4, -0.2) is 25.4 Å². The van der Waals surface area contributed by atoms with Crippen molar-refractivity contribution in [1.29, 1.82) is 0 Å². The number of rotatable bonds is 5. The molecule has 0 radical (unpaired) electrons. The van der Waals surface area contributed by atoms with Crippen LogP contribution in [0.2, 0.25) is 0 Å². The van der Waals surface area contributed by atoms with Crippen molar-refractivity contribution in [3.05, 3.63) is 27.3 Å². The third kappa shape index (κ3) is 3.43. The maximum absolute atomic E-state index is 8.66. The van der Waals surface area contributed by atoms with E-state index in [1.807, 2.05) is 12.1 Å². The Balaban J connectivity index is 2.67. The minimum absolute atomic E-state index is 0.215. The SMILES string of the molecule is COc1ccc(I)cc1C[NH2+]CCO. The van der Waals surface area contributed by atoms with Crippen LogP contribution in [0, 0.1) is 3.57 Å². The molecule has 14 heavy (non-hydrogen) atoms. The first-order valence-electron chi connectivity index (χ1n) is 4.53. The summed E-state index contributed by atoms with van der Waals surface area (Å²) in [5.74, 6) is 0.916. The van der Waals surface area contributed by atoms with Gasteiger partial charge in [0.2, 0.25) is 0 Å². The highest BCUT2D eigenvalue weighted by Gasteiger charge is 2.04. The lowest BCUT2D eigenvalue weighted by Gasteiger charge is -2.07. The van der Waals surface area contributed by atoms with Crippen LogP contribution in [0.25, 0.3) is 0 Å². The fourth-order valence-corrected chi connectivity index (χ4v) is 1.81. The molecule has 0 spiro atoms. The molecule has 78 valence electrons. The van der Waals surface area contributed by atoms with E-state index in [-0.39, 0.29) is 6.61 Å². The van der Waals surface area contributed by atoms with E-state index in [2.05, 4.69) is 34.0 Å². The molecular formula is C10H15INO2+. The largest absolute Gasteiger partial charge is 0.496 e. The summed E-state index contributed by atoms with van der Waals surface area (Å²) in [6.07, 6.45) is 0. The van der Waals surface area contributed by atoms with E-state index in [1.54, 1.807) is 7.11 Å². The molecule has 1 rings (SSSR count). The Kier molecular flexibility index (Phi) is 5.21. The molecule has 0 aliphatic carbocycles. The molecule has 4 heteroatoms. The van der Waals surface area contributed by atoms with Crippen molar-refractivity contribution in [3.63, 3.8) is 0 Å². The van der Waals surface area contributed by atoms with Gasteiger partial charge >= 0.3 is 0 Å². The maximum atomic E-state index is 8.66. The van der Waals surface area contributed by atoms with Crippen LogP contribution in [-0.2, 0) is 6.54 Å². The first-order chi connectivity index (χ1) is 6.77. The lowest BCUT2D eigenvalue weighted by atomic mass is 10.2. The summed E-state index contributed by atoms with van der Waals surface area (Å²) in [4.78, 5) is 0. The summed E-state index contributed by atoms with van der Waals surface area (Å²) < 4.78 is 6.45. The second kappa shape index (κ2) is 6.21. The van der Waals surface area contributed by atoms with Gasteiger partial charge in [0.25, 0.3) is 0 Å². The van der Waals surface area contributed by atoms with Crippen LogP contribution >= 0.6 is 22.6 Å². The highest BCUT2D eigenvalue weighted by Crippen LogP contribution is 2.19. The average molecular weight is 308 g/mol. The van der Waals surface area contributed by atoms with Crippen molar-refractivity contribution in [1.82, 2.24) is 0 Å².